The first kappa shape index (κ1) is 21.6. The van der Waals surface area contributed by atoms with Gasteiger partial charge in [-0.3, -0.25) is 14.3 Å². The van der Waals surface area contributed by atoms with E-state index in [0.29, 0.717) is 29.9 Å². The van der Waals surface area contributed by atoms with Crippen molar-refractivity contribution in [1.29, 1.82) is 0 Å². The maximum absolute atomic E-state index is 12.6. The molecule has 1 aliphatic rings. The zero-order chi connectivity index (χ0) is 22.7. The fourth-order valence-electron chi connectivity index (χ4n) is 3.50. The van der Waals surface area contributed by atoms with E-state index in [0.717, 1.165) is 17.7 Å². The minimum atomic E-state index is -3.77. The van der Waals surface area contributed by atoms with Gasteiger partial charge in [0.05, 0.1) is 4.90 Å². The van der Waals surface area contributed by atoms with Crippen LogP contribution in [0, 0.1) is 6.92 Å². The monoisotopic (exact) mass is 449 g/mol. The van der Waals surface area contributed by atoms with Crippen molar-refractivity contribution in [3.63, 3.8) is 0 Å². The van der Waals surface area contributed by atoms with Crippen molar-refractivity contribution in [2.75, 3.05) is 21.5 Å². The van der Waals surface area contributed by atoms with Gasteiger partial charge in [0.2, 0.25) is 5.91 Å². The molecule has 1 fully saturated rings. The normalized spacial score (nSPS) is 13.8. The molecule has 2 amide bonds. The Morgan fingerprint density at radius 1 is 0.938 bits per heavy atom. The number of aryl methyl sites for hydroxylation is 1. The van der Waals surface area contributed by atoms with Crippen LogP contribution in [0.2, 0.25) is 0 Å². The predicted octanol–water partition coefficient (Wildman–Crippen LogP) is 4.17. The van der Waals surface area contributed by atoms with E-state index in [1.54, 1.807) is 35.2 Å². The summed E-state index contributed by atoms with van der Waals surface area (Å²) in [6.07, 6.45) is 1.36. The number of hydrogen-bond acceptors (Lipinski definition) is 4. The smallest absolute Gasteiger partial charge is 0.261 e. The summed E-state index contributed by atoms with van der Waals surface area (Å²) in [5.74, 6) is -0.296. The van der Waals surface area contributed by atoms with E-state index in [1.807, 2.05) is 25.1 Å². The zero-order valence-corrected chi connectivity index (χ0v) is 18.4. The molecular formula is C24H23N3O4S. The average molecular weight is 450 g/mol. The molecule has 0 aromatic heterocycles. The van der Waals surface area contributed by atoms with Gasteiger partial charge in [-0.2, -0.15) is 0 Å². The Labute approximate surface area is 187 Å². The summed E-state index contributed by atoms with van der Waals surface area (Å²) in [4.78, 5) is 26.4. The highest BCUT2D eigenvalue weighted by atomic mass is 32.2. The summed E-state index contributed by atoms with van der Waals surface area (Å²) in [7, 11) is -3.77. The first-order valence-corrected chi connectivity index (χ1v) is 11.7. The van der Waals surface area contributed by atoms with Gasteiger partial charge >= 0.3 is 0 Å². The van der Waals surface area contributed by atoms with E-state index in [4.69, 9.17) is 0 Å². The highest BCUT2D eigenvalue weighted by Gasteiger charge is 2.22. The maximum atomic E-state index is 12.6. The molecule has 7 nitrogen and oxygen atoms in total. The topological polar surface area (TPSA) is 95.6 Å². The molecule has 0 radical (unpaired) electrons. The largest absolute Gasteiger partial charge is 0.322 e. The SMILES string of the molecule is Cc1ccc(NS(=O)(=O)c2ccc(C(=O)Nc3cccc(N4CCCC4=O)c3)cc2)cc1. The van der Waals surface area contributed by atoms with E-state index in [1.165, 1.54) is 24.3 Å². The Morgan fingerprint density at radius 3 is 2.31 bits per heavy atom. The fraction of sp³-hybridized carbons (Fsp3) is 0.167. The fourth-order valence-corrected chi connectivity index (χ4v) is 4.56. The van der Waals surface area contributed by atoms with Crippen LogP contribution in [-0.4, -0.2) is 26.8 Å². The second-order valence-electron chi connectivity index (χ2n) is 7.65. The van der Waals surface area contributed by atoms with Crippen molar-refractivity contribution in [1.82, 2.24) is 0 Å². The van der Waals surface area contributed by atoms with Crippen molar-refractivity contribution in [3.8, 4) is 0 Å². The molecule has 1 aliphatic heterocycles. The average Bonchev–Trinajstić information content (AvgIpc) is 3.21. The van der Waals surface area contributed by atoms with Gasteiger partial charge in [-0.1, -0.05) is 23.8 Å². The van der Waals surface area contributed by atoms with E-state index in [-0.39, 0.29) is 16.7 Å². The lowest BCUT2D eigenvalue weighted by Gasteiger charge is -2.16. The second kappa shape index (κ2) is 8.84. The first-order chi connectivity index (χ1) is 15.3. The quantitative estimate of drug-likeness (QED) is 0.590. The molecule has 1 heterocycles. The second-order valence-corrected chi connectivity index (χ2v) is 9.33. The summed E-state index contributed by atoms with van der Waals surface area (Å²) in [5.41, 5.74) is 3.12. The number of rotatable bonds is 6. The van der Waals surface area contributed by atoms with Gasteiger partial charge in [0, 0.05) is 35.6 Å². The molecule has 0 bridgehead atoms. The molecule has 0 saturated carbocycles. The maximum Gasteiger partial charge on any atom is 0.261 e. The van der Waals surface area contributed by atoms with Gasteiger partial charge in [-0.05, 0) is 67.9 Å². The van der Waals surface area contributed by atoms with Crippen LogP contribution < -0.4 is 14.9 Å². The van der Waals surface area contributed by atoms with Gasteiger partial charge in [0.15, 0.2) is 0 Å². The van der Waals surface area contributed by atoms with E-state index in [9.17, 15) is 18.0 Å². The van der Waals surface area contributed by atoms with E-state index < -0.39 is 10.0 Å². The first-order valence-electron chi connectivity index (χ1n) is 10.2. The van der Waals surface area contributed by atoms with Crippen molar-refractivity contribution in [2.45, 2.75) is 24.7 Å². The summed E-state index contributed by atoms with van der Waals surface area (Å²) < 4.78 is 27.7. The van der Waals surface area contributed by atoms with Crippen LogP contribution in [0.4, 0.5) is 17.1 Å². The third-order valence-electron chi connectivity index (χ3n) is 5.22. The Balaban J connectivity index is 1.45. The summed E-state index contributed by atoms with van der Waals surface area (Å²) in [6, 6.07) is 19.9. The van der Waals surface area contributed by atoms with Crippen LogP contribution in [-0.2, 0) is 14.8 Å². The van der Waals surface area contributed by atoms with Crippen molar-refractivity contribution in [2.24, 2.45) is 0 Å². The summed E-state index contributed by atoms with van der Waals surface area (Å²) in [6.45, 7) is 2.59. The van der Waals surface area contributed by atoms with Gasteiger partial charge in [0.1, 0.15) is 0 Å². The Morgan fingerprint density at radius 2 is 1.66 bits per heavy atom. The van der Waals surface area contributed by atoms with E-state index >= 15 is 0 Å². The number of carbonyl (C=O) groups is 2. The predicted molar refractivity (Wildman–Crippen MR) is 124 cm³/mol. The van der Waals surface area contributed by atoms with Crippen LogP contribution >= 0.6 is 0 Å². The summed E-state index contributed by atoms with van der Waals surface area (Å²) >= 11 is 0. The number of carbonyl (C=O) groups excluding carboxylic acids is 2. The van der Waals surface area contributed by atoms with Crippen molar-refractivity contribution in [3.05, 3.63) is 83.9 Å². The number of anilines is 3. The Bertz CT molecular complexity index is 1250. The highest BCUT2D eigenvalue weighted by molar-refractivity contribution is 7.92. The standard InChI is InChI=1S/C24H23N3O4S/c1-17-7-11-19(12-8-17)26-32(30,31)22-13-9-18(10-14-22)24(29)25-20-4-2-5-21(16-20)27-15-3-6-23(27)28/h2,4-5,7-14,16,26H,3,6,15H2,1H3,(H,25,29). The number of amides is 2. The molecule has 0 unspecified atom stereocenters. The molecular weight excluding hydrogens is 426 g/mol. The van der Waals surface area contributed by atoms with Gasteiger partial charge in [-0.25, -0.2) is 8.42 Å². The summed E-state index contributed by atoms with van der Waals surface area (Å²) in [5, 5.41) is 2.80. The number of benzene rings is 3. The van der Waals surface area contributed by atoms with Crippen LogP contribution in [0.3, 0.4) is 0 Å². The van der Waals surface area contributed by atoms with Gasteiger partial charge < -0.3 is 10.2 Å². The molecule has 1 saturated heterocycles. The molecule has 164 valence electrons. The number of sulfonamides is 1. The van der Waals surface area contributed by atoms with E-state index in [2.05, 4.69) is 10.0 Å². The zero-order valence-electron chi connectivity index (χ0n) is 17.5. The lowest BCUT2D eigenvalue weighted by Crippen LogP contribution is -2.23. The third kappa shape index (κ3) is 4.81. The molecule has 0 atom stereocenters. The lowest BCUT2D eigenvalue weighted by molar-refractivity contribution is -0.117. The Hall–Kier alpha value is -3.65. The molecule has 8 heteroatoms. The Kier molecular flexibility index (Phi) is 5.96. The van der Waals surface area contributed by atoms with Crippen LogP contribution in [0.1, 0.15) is 28.8 Å². The highest BCUT2D eigenvalue weighted by Crippen LogP contribution is 2.25. The van der Waals surface area contributed by atoms with Crippen molar-refractivity contribution >= 4 is 38.9 Å². The lowest BCUT2D eigenvalue weighted by atomic mass is 10.2. The number of hydrogen-bond donors (Lipinski definition) is 2. The molecule has 2 N–H and O–H groups in total. The van der Waals surface area contributed by atoms with Gasteiger partial charge in [-0.15, -0.1) is 0 Å². The molecule has 4 rings (SSSR count). The van der Waals surface area contributed by atoms with Crippen LogP contribution in [0.25, 0.3) is 0 Å². The molecule has 0 spiro atoms. The molecule has 32 heavy (non-hydrogen) atoms. The van der Waals surface area contributed by atoms with Crippen LogP contribution in [0.5, 0.6) is 0 Å². The van der Waals surface area contributed by atoms with Crippen molar-refractivity contribution < 1.29 is 18.0 Å². The van der Waals surface area contributed by atoms with Gasteiger partial charge in [0.25, 0.3) is 15.9 Å². The third-order valence-corrected chi connectivity index (χ3v) is 6.62. The number of nitrogens with one attached hydrogen (secondary N) is 2. The minimum absolute atomic E-state index is 0.0594. The minimum Gasteiger partial charge on any atom is -0.322 e. The van der Waals surface area contributed by atoms with Crippen LogP contribution in [0.15, 0.2) is 77.7 Å². The number of nitrogens with zero attached hydrogens (tertiary/aromatic N) is 1. The molecule has 3 aromatic rings. The molecule has 3 aromatic carbocycles. The molecule has 0 aliphatic carbocycles.